The number of aryl methyl sites for hydroxylation is 1. The van der Waals surface area contributed by atoms with E-state index in [1.54, 1.807) is 78.8 Å². The molecule has 0 spiro atoms. The second-order valence-corrected chi connectivity index (χ2v) is 35.2. The average molecular weight is 1880 g/mol. The summed E-state index contributed by atoms with van der Waals surface area (Å²) >= 11 is 3.37. The number of ether oxygens (including phenoxy) is 2. The van der Waals surface area contributed by atoms with Gasteiger partial charge in [0.05, 0.1) is 55.7 Å². The van der Waals surface area contributed by atoms with E-state index in [0.29, 0.717) is 46.3 Å². The fourth-order valence-corrected chi connectivity index (χ4v) is 14.9. The quantitative estimate of drug-likeness (QED) is 0.0516. The molecule has 0 unspecified atom stereocenters. The molecule has 16 rings (SSSR count). The summed E-state index contributed by atoms with van der Waals surface area (Å²) in [5, 5.41) is 33.6. The van der Waals surface area contributed by atoms with E-state index in [2.05, 4.69) is 192 Å². The zero-order chi connectivity index (χ0) is 95.1. The van der Waals surface area contributed by atoms with Crippen LogP contribution in [-0.2, 0) is 30.2 Å². The molecular weight excluding hydrogens is 1790 g/mol. The molecule has 12 aromatic heterocycles. The number of anilines is 1. The minimum atomic E-state index is -6.81. The first-order valence-electron chi connectivity index (χ1n) is 38.9. The van der Waals surface area contributed by atoms with Gasteiger partial charge in [0.25, 0.3) is 0 Å². The molecule has 10 radical (unpaired) electrons. The smallest absolute Gasteiger partial charge is 0.506 e. The van der Waals surface area contributed by atoms with Gasteiger partial charge >= 0.3 is 46.7 Å². The first-order chi connectivity index (χ1) is 60.0. The molecule has 0 aliphatic heterocycles. The number of halogens is 10. The highest BCUT2D eigenvalue weighted by Crippen LogP contribution is 2.39. The Labute approximate surface area is 756 Å². The van der Waals surface area contributed by atoms with Gasteiger partial charge in [0.2, 0.25) is 0 Å². The molecule has 0 bridgehead atoms. The van der Waals surface area contributed by atoms with E-state index in [1.165, 1.54) is 62.4 Å². The number of nitrogens with zero attached hydrogens (tertiary/aromatic N) is 13. The predicted molar refractivity (Wildman–Crippen MR) is 500 cm³/mol. The summed E-state index contributed by atoms with van der Waals surface area (Å²) in [7, 11) is 12.3. The van der Waals surface area contributed by atoms with Crippen LogP contribution < -0.4 is 44.7 Å². The zero-order valence-corrected chi connectivity index (χ0v) is 75.8. The number of fused-ring (bicyclic) bond motifs is 6. The zero-order valence-electron chi connectivity index (χ0n) is 71.8. The minimum absolute atomic E-state index is 0. The summed E-state index contributed by atoms with van der Waals surface area (Å²) in [5.41, 5.74) is -1.90. The van der Waals surface area contributed by atoms with Crippen molar-refractivity contribution >= 4 is 158 Å². The van der Waals surface area contributed by atoms with E-state index in [4.69, 9.17) is 48.7 Å². The van der Waals surface area contributed by atoms with Crippen molar-refractivity contribution in [3.8, 4) is 45.3 Å². The normalized spacial score (nSPS) is 11.4. The third-order valence-corrected chi connectivity index (χ3v) is 22.5. The van der Waals surface area contributed by atoms with Crippen molar-refractivity contribution in [3.63, 3.8) is 0 Å². The fourth-order valence-electron chi connectivity index (χ4n) is 11.3. The Balaban J connectivity index is 0.000000313. The Hall–Kier alpha value is -11.9. The second kappa shape index (κ2) is 45.2. The van der Waals surface area contributed by atoms with Gasteiger partial charge in [-0.3, -0.25) is 0 Å². The van der Waals surface area contributed by atoms with Gasteiger partial charge in [-0.25, -0.2) is 27.1 Å². The number of hydrogen-bond acceptors (Lipinski definition) is 16. The molecule has 0 fully saturated rings. The molecule has 0 atom stereocenters. The highest BCUT2D eigenvalue weighted by Gasteiger charge is 2.62. The van der Waals surface area contributed by atoms with Gasteiger partial charge in [-0.05, 0) is 141 Å². The molecule has 0 aliphatic rings. The third kappa shape index (κ3) is 27.6. The average Bonchev–Trinajstić information content (AvgIpc) is 1.59. The standard InChI is InChI=1S/2C16H15BN2.C10H14.C8H4BF3N2O3S.C8H7BN2O.C8H7BrN2O.C8H5F6NO4S2.C7H5BN2O.C3H9B.C2H6.3H2/c2*1-11(2)12-3-5-13(6-4-12)15-9-14(17)10-19-16(15)7-8-18-19;1-8(2)10-6-4-9(3)5-7-10;9-5-3-7(6-1-2-13-14(6)4-5)17-18(15,16)8(10,11)12;2*1-12-8-4-6(9)5-11-7(8)2-3-10-11;9-7(10,11)20(16,17)15(6-4-2-1-3-5-6)21(18,19)8(12,13)14;8-5-3-7(11)6-1-2-9-10(6)4-5;1-4(2)3;1-2;;;/h2*3-11H,1-2H3;4-8H,1-3H3;1-4H;2*2-5H,1H3;1-5H;1-4,11H;1-3H3;1-2H3;3*1H/i;;;;;;;;;;3*1+1. The SMILES string of the molecule is CB(C)C.CC.COc1cc(Br)cn2nccc12.Cc1ccc(C(C)C)cc1.O=S(=O)(N(c1ccccc1)S(=O)(=O)C(F)(F)F)C(F)(F)F.[2HH].[2HH].[2HH].[B]c1cc(-c2ccc(C(C)C)cc2)c2ccnn2c1.[B]c1cc(-c2ccc(C(C)C)cc2)c2ccnn2c1.[B]c1cc(O)c2ccnn2c1.[B]c1cc(OC)c2ccnn2c1.[B]c1cc(OS(=O)(=O)C(F)(F)F)c2ccnn2c1. The summed E-state index contributed by atoms with van der Waals surface area (Å²) in [6.45, 7) is 26.7. The number of rotatable bonds is 12. The summed E-state index contributed by atoms with van der Waals surface area (Å²) in [6, 6.07) is 50.8. The summed E-state index contributed by atoms with van der Waals surface area (Å²) in [6.07, 6.45) is 20.2. The number of aromatic hydroxyl groups is 1. The van der Waals surface area contributed by atoms with Gasteiger partial charge in [0.1, 0.15) is 85.3 Å². The lowest BCUT2D eigenvalue weighted by Gasteiger charge is -2.25. The maximum Gasteiger partial charge on any atom is 0.534 e. The van der Waals surface area contributed by atoms with Crippen LogP contribution in [0.2, 0.25) is 20.5 Å². The fraction of sp³-hybridized carbons (Fsp3) is 0.233. The van der Waals surface area contributed by atoms with Crippen LogP contribution in [0.3, 0.4) is 0 Å². The Bertz CT molecular complexity index is 6440. The van der Waals surface area contributed by atoms with Crippen LogP contribution >= 0.6 is 15.9 Å². The topological polar surface area (TPSA) is 257 Å². The largest absolute Gasteiger partial charge is 0.534 e. The van der Waals surface area contributed by atoms with Crippen LogP contribution in [0.4, 0.5) is 45.2 Å². The van der Waals surface area contributed by atoms with E-state index in [9.17, 15) is 69.9 Å². The second-order valence-electron chi connectivity index (χ2n) is 29.0. The van der Waals surface area contributed by atoms with Gasteiger partial charge in [-0.1, -0.05) is 212 Å². The van der Waals surface area contributed by atoms with E-state index in [-0.39, 0.29) is 21.0 Å². The van der Waals surface area contributed by atoms with Crippen LogP contribution in [0.1, 0.15) is 99.7 Å². The number of hydrogen-bond donors (Lipinski definition) is 1. The molecule has 12 heterocycles. The molecule has 668 valence electrons. The number of pyridine rings is 6. The number of alkyl halides is 9. The van der Waals surface area contributed by atoms with Crippen molar-refractivity contribution in [1.29, 1.82) is 0 Å². The maximum absolute atomic E-state index is 12.4. The number of aromatic nitrogens is 12. The highest BCUT2D eigenvalue weighted by atomic mass is 79.9. The van der Waals surface area contributed by atoms with E-state index in [1.807, 2.05) is 83.9 Å². The van der Waals surface area contributed by atoms with Crippen molar-refractivity contribution in [2.75, 3.05) is 17.9 Å². The summed E-state index contributed by atoms with van der Waals surface area (Å²) in [5.74, 6) is 2.93. The molecule has 0 saturated carbocycles. The highest BCUT2D eigenvalue weighted by molar-refractivity contribution is 9.10. The molecular formula is C86H93B6BrF9N13O10S3. The van der Waals surface area contributed by atoms with Crippen LogP contribution in [0.25, 0.3) is 55.4 Å². The lowest BCUT2D eigenvalue weighted by molar-refractivity contribution is -0.0501. The van der Waals surface area contributed by atoms with Gasteiger partial charge in [-0.2, -0.15) is 95.4 Å². The van der Waals surface area contributed by atoms with Crippen molar-refractivity contribution < 1.29 is 87.8 Å². The van der Waals surface area contributed by atoms with Gasteiger partial charge < -0.3 is 18.8 Å². The van der Waals surface area contributed by atoms with Crippen molar-refractivity contribution in [3.05, 3.63) is 277 Å². The molecule has 16 aromatic rings. The Morgan fingerprint density at radius 2 is 0.695 bits per heavy atom. The first-order valence-corrected chi connectivity index (χ1v) is 43.9. The lowest BCUT2D eigenvalue weighted by Crippen LogP contribution is -2.49. The molecule has 0 amide bonds. The van der Waals surface area contributed by atoms with E-state index in [0.717, 1.165) is 95.6 Å². The minimum Gasteiger partial charge on any atom is -0.506 e. The van der Waals surface area contributed by atoms with Gasteiger partial charge in [0, 0.05) is 69.5 Å². The monoisotopic (exact) mass is 1880 g/mol. The number of benzene rings is 4. The van der Waals surface area contributed by atoms with Crippen molar-refractivity contribution in [2.24, 2.45) is 0 Å². The first kappa shape index (κ1) is 103. The number of para-hydroxylation sites is 1. The molecule has 42 heteroatoms. The van der Waals surface area contributed by atoms with Crippen LogP contribution in [-0.4, -0.2) is 165 Å². The molecule has 0 aliphatic carbocycles. The maximum atomic E-state index is 12.4. The Morgan fingerprint density at radius 3 is 1.04 bits per heavy atom. The predicted octanol–water partition coefficient (Wildman–Crippen LogP) is 16.7. The molecule has 23 nitrogen and oxygen atoms in total. The van der Waals surface area contributed by atoms with Crippen molar-refractivity contribution in [1.82, 2.24) is 57.7 Å². The lowest BCUT2D eigenvalue weighted by atomic mass is 9.58. The molecule has 4 aromatic carbocycles. The molecule has 128 heavy (non-hydrogen) atoms. The van der Waals surface area contributed by atoms with Crippen LogP contribution in [0.15, 0.2) is 255 Å². The number of sulfonamides is 2. The van der Waals surface area contributed by atoms with Crippen LogP contribution in [0.5, 0.6) is 23.0 Å². The van der Waals surface area contributed by atoms with E-state index < -0.39 is 61.8 Å². The van der Waals surface area contributed by atoms with E-state index >= 15 is 0 Å². The van der Waals surface area contributed by atoms with Gasteiger partial charge in [-0.15, -0.1) is 3.71 Å². The van der Waals surface area contributed by atoms with Crippen molar-refractivity contribution in [2.45, 2.75) is 117 Å². The Morgan fingerprint density at radius 1 is 0.406 bits per heavy atom. The summed E-state index contributed by atoms with van der Waals surface area (Å²) < 4.78 is 201. The van der Waals surface area contributed by atoms with Crippen LogP contribution in [0, 0.1) is 6.92 Å². The number of methoxy groups -OCH3 is 2. The third-order valence-electron chi connectivity index (χ3n) is 17.4. The molecule has 0 saturated heterocycles. The Kier molecular flexibility index (Phi) is 36.4. The molecule has 1 N–H and O–H groups in total. The summed E-state index contributed by atoms with van der Waals surface area (Å²) in [4.78, 5) is 0. The van der Waals surface area contributed by atoms with Gasteiger partial charge in [0.15, 0.2) is 5.75 Å².